The van der Waals surface area contributed by atoms with Crippen LogP contribution < -0.4 is 14.5 Å². The number of fused-ring (bicyclic) bond motifs is 1. The third kappa shape index (κ3) is 5.08. The molecule has 0 atom stereocenters. The van der Waals surface area contributed by atoms with E-state index in [2.05, 4.69) is 13.0 Å². The summed E-state index contributed by atoms with van der Waals surface area (Å²) >= 11 is 6.44. The molecular formula is C20H29ClN2O2+2. The number of quaternary nitrogens is 2. The second kappa shape index (κ2) is 9.39. The molecule has 0 saturated carbocycles. The number of hydrogen-bond acceptors (Lipinski definition) is 2. The summed E-state index contributed by atoms with van der Waals surface area (Å²) in [5, 5.41) is 2.84. The zero-order chi connectivity index (χ0) is 17.5. The lowest BCUT2D eigenvalue weighted by atomic mass is 10.1. The van der Waals surface area contributed by atoms with E-state index in [1.807, 2.05) is 30.3 Å². The zero-order valence-corrected chi connectivity index (χ0v) is 15.8. The van der Waals surface area contributed by atoms with Gasteiger partial charge in [-0.15, -0.1) is 0 Å². The van der Waals surface area contributed by atoms with Gasteiger partial charge in [0.15, 0.2) is 0 Å². The van der Waals surface area contributed by atoms with Gasteiger partial charge in [0, 0.05) is 5.39 Å². The van der Waals surface area contributed by atoms with Crippen LogP contribution in [0.2, 0.25) is 5.02 Å². The lowest BCUT2D eigenvalue weighted by Gasteiger charge is -2.28. The molecule has 3 rings (SSSR count). The van der Waals surface area contributed by atoms with Crippen LogP contribution in [-0.2, 0) is 4.74 Å². The van der Waals surface area contributed by atoms with Crippen LogP contribution >= 0.6 is 11.6 Å². The Balaban J connectivity index is 1.34. The quantitative estimate of drug-likeness (QED) is 0.674. The number of likely N-dealkylation sites (N-methyl/N-ethyl adjacent to an activating group) is 1. The van der Waals surface area contributed by atoms with Crippen molar-refractivity contribution in [3.8, 4) is 5.75 Å². The molecule has 0 bridgehead atoms. The summed E-state index contributed by atoms with van der Waals surface area (Å²) in [6, 6.07) is 12.1. The SMILES string of the molecule is CC[NH+]1CC[NH+](CCOCCOc2ccc3ccccc3c2Cl)CC1. The second-order valence-electron chi connectivity index (χ2n) is 6.66. The van der Waals surface area contributed by atoms with Crippen LogP contribution in [0.1, 0.15) is 6.92 Å². The largest absolute Gasteiger partial charge is 0.490 e. The van der Waals surface area contributed by atoms with Crippen molar-refractivity contribution in [1.82, 2.24) is 0 Å². The van der Waals surface area contributed by atoms with Crippen molar-refractivity contribution in [3.63, 3.8) is 0 Å². The van der Waals surface area contributed by atoms with Gasteiger partial charge in [-0.2, -0.15) is 0 Å². The summed E-state index contributed by atoms with van der Waals surface area (Å²) in [4.78, 5) is 3.39. The summed E-state index contributed by atoms with van der Waals surface area (Å²) in [6.07, 6.45) is 0. The van der Waals surface area contributed by atoms with Crippen molar-refractivity contribution in [3.05, 3.63) is 41.4 Å². The fourth-order valence-corrected chi connectivity index (χ4v) is 3.70. The van der Waals surface area contributed by atoms with Crippen molar-refractivity contribution in [1.29, 1.82) is 0 Å². The van der Waals surface area contributed by atoms with Gasteiger partial charge in [0.2, 0.25) is 0 Å². The van der Waals surface area contributed by atoms with Gasteiger partial charge in [0.1, 0.15) is 45.1 Å². The molecule has 0 unspecified atom stereocenters. The van der Waals surface area contributed by atoms with E-state index in [0.29, 0.717) is 18.2 Å². The lowest BCUT2D eigenvalue weighted by molar-refractivity contribution is -1.01. The Kier molecular flexibility index (Phi) is 6.93. The molecule has 2 aromatic rings. The van der Waals surface area contributed by atoms with Crippen molar-refractivity contribution in [2.75, 3.05) is 59.1 Å². The number of piperazine rings is 1. The Morgan fingerprint density at radius 1 is 0.920 bits per heavy atom. The maximum absolute atomic E-state index is 6.44. The Bertz CT molecular complexity index is 672. The van der Waals surface area contributed by atoms with Crippen LogP contribution in [0.25, 0.3) is 10.8 Å². The van der Waals surface area contributed by atoms with Crippen molar-refractivity contribution in [2.45, 2.75) is 6.92 Å². The van der Waals surface area contributed by atoms with Crippen LogP contribution in [0.3, 0.4) is 0 Å². The van der Waals surface area contributed by atoms with E-state index in [0.717, 1.165) is 29.7 Å². The molecule has 0 amide bonds. The summed E-state index contributed by atoms with van der Waals surface area (Å²) < 4.78 is 11.5. The molecule has 25 heavy (non-hydrogen) atoms. The van der Waals surface area contributed by atoms with Gasteiger partial charge < -0.3 is 19.3 Å². The molecule has 2 aromatic carbocycles. The Morgan fingerprint density at radius 3 is 2.48 bits per heavy atom. The summed E-state index contributed by atoms with van der Waals surface area (Å²) in [7, 11) is 0. The highest BCUT2D eigenvalue weighted by Crippen LogP contribution is 2.32. The molecule has 1 aliphatic rings. The standard InChI is InChI=1S/C20H27ClN2O2/c1-2-22-9-11-23(12-10-22)13-14-24-15-16-25-19-8-7-17-5-3-4-6-18(17)20(19)21/h3-8H,2,9-16H2,1H3/p+2. The van der Waals surface area contributed by atoms with E-state index in [4.69, 9.17) is 21.1 Å². The topological polar surface area (TPSA) is 27.3 Å². The number of ether oxygens (including phenoxy) is 2. The van der Waals surface area contributed by atoms with Crippen LogP contribution in [-0.4, -0.2) is 59.1 Å². The van der Waals surface area contributed by atoms with E-state index in [1.165, 1.54) is 32.7 Å². The second-order valence-corrected chi connectivity index (χ2v) is 7.04. The van der Waals surface area contributed by atoms with Crippen molar-refractivity contribution in [2.24, 2.45) is 0 Å². The number of nitrogens with one attached hydrogen (secondary N) is 2. The summed E-state index contributed by atoms with van der Waals surface area (Å²) in [5.41, 5.74) is 0. The predicted octanol–water partition coefficient (Wildman–Crippen LogP) is 0.692. The van der Waals surface area contributed by atoms with Crippen LogP contribution in [0.4, 0.5) is 0 Å². The van der Waals surface area contributed by atoms with Gasteiger partial charge >= 0.3 is 0 Å². The highest BCUT2D eigenvalue weighted by Gasteiger charge is 2.20. The Hall–Kier alpha value is -1.33. The Morgan fingerprint density at radius 2 is 1.68 bits per heavy atom. The maximum atomic E-state index is 6.44. The molecule has 5 heteroatoms. The van der Waals surface area contributed by atoms with Gasteiger partial charge in [-0.1, -0.05) is 41.9 Å². The first-order chi connectivity index (χ1) is 12.3. The van der Waals surface area contributed by atoms with Crippen LogP contribution in [0.5, 0.6) is 5.75 Å². The smallest absolute Gasteiger partial charge is 0.138 e. The lowest BCUT2D eigenvalue weighted by Crippen LogP contribution is -3.28. The highest BCUT2D eigenvalue weighted by molar-refractivity contribution is 6.37. The van der Waals surface area contributed by atoms with Gasteiger partial charge in [0.25, 0.3) is 0 Å². The van der Waals surface area contributed by atoms with Gasteiger partial charge in [-0.05, 0) is 18.4 Å². The third-order valence-corrected chi connectivity index (χ3v) is 5.47. The molecule has 1 fully saturated rings. The summed E-state index contributed by atoms with van der Waals surface area (Å²) in [6.45, 7) is 11.6. The minimum Gasteiger partial charge on any atom is -0.490 e. The predicted molar refractivity (Wildman–Crippen MR) is 102 cm³/mol. The van der Waals surface area contributed by atoms with E-state index < -0.39 is 0 Å². The third-order valence-electron chi connectivity index (χ3n) is 5.08. The number of rotatable bonds is 8. The molecule has 0 aromatic heterocycles. The fraction of sp³-hybridized carbons (Fsp3) is 0.500. The van der Waals surface area contributed by atoms with Gasteiger partial charge in [-0.25, -0.2) is 0 Å². The normalized spacial score (nSPS) is 20.7. The molecule has 1 saturated heterocycles. The molecule has 2 N–H and O–H groups in total. The molecule has 1 aliphatic heterocycles. The van der Waals surface area contributed by atoms with Crippen molar-refractivity contribution >= 4 is 22.4 Å². The average Bonchev–Trinajstić information content (AvgIpc) is 2.67. The first kappa shape index (κ1) is 18.5. The van der Waals surface area contributed by atoms with E-state index >= 15 is 0 Å². The minimum absolute atomic E-state index is 0.529. The Labute approximate surface area is 155 Å². The van der Waals surface area contributed by atoms with E-state index in [9.17, 15) is 0 Å². The molecule has 0 spiro atoms. The molecule has 0 aliphatic carbocycles. The van der Waals surface area contributed by atoms with E-state index in [1.54, 1.807) is 9.80 Å². The number of hydrogen-bond donors (Lipinski definition) is 2. The number of halogens is 1. The van der Waals surface area contributed by atoms with Gasteiger partial charge in [0.05, 0.1) is 24.8 Å². The highest BCUT2D eigenvalue weighted by atomic mass is 35.5. The van der Waals surface area contributed by atoms with Crippen molar-refractivity contribution < 1.29 is 19.3 Å². The first-order valence-electron chi connectivity index (χ1n) is 9.33. The molecule has 0 radical (unpaired) electrons. The van der Waals surface area contributed by atoms with E-state index in [-0.39, 0.29) is 0 Å². The average molecular weight is 365 g/mol. The molecule has 4 nitrogen and oxygen atoms in total. The molecular weight excluding hydrogens is 336 g/mol. The summed E-state index contributed by atoms with van der Waals surface area (Å²) in [5.74, 6) is 0.730. The van der Waals surface area contributed by atoms with Gasteiger partial charge in [-0.3, -0.25) is 0 Å². The number of benzene rings is 2. The zero-order valence-electron chi connectivity index (χ0n) is 15.0. The monoisotopic (exact) mass is 364 g/mol. The molecule has 136 valence electrons. The first-order valence-corrected chi connectivity index (χ1v) is 9.70. The van der Waals surface area contributed by atoms with Crippen LogP contribution in [0, 0.1) is 0 Å². The maximum Gasteiger partial charge on any atom is 0.138 e. The minimum atomic E-state index is 0.529. The van der Waals surface area contributed by atoms with Crippen LogP contribution in [0.15, 0.2) is 36.4 Å². The molecule has 1 heterocycles. The fourth-order valence-electron chi connectivity index (χ4n) is 3.41.